The van der Waals surface area contributed by atoms with Crippen molar-refractivity contribution in [3.8, 4) is 5.75 Å². The molecule has 2 heterocycles. The maximum atomic E-state index is 13.2. The number of carbonyl (C=O) groups is 2. The molecule has 0 bridgehead atoms. The molecule has 0 spiro atoms. The van der Waals surface area contributed by atoms with Crippen molar-refractivity contribution in [3.05, 3.63) is 54.4 Å². The number of nitrogens with one attached hydrogen (secondary N) is 1. The number of primary amides is 1. The number of carbonyl (C=O) groups excluding carboxylic acids is 1. The van der Waals surface area contributed by atoms with Crippen molar-refractivity contribution >= 4 is 19.6 Å². The number of benzene rings is 1. The Balaban J connectivity index is 1.71. The van der Waals surface area contributed by atoms with Crippen LogP contribution in [-0.4, -0.2) is 69.3 Å². The summed E-state index contributed by atoms with van der Waals surface area (Å²) in [7, 11) is -4.23. The molecule has 2 aliphatic heterocycles. The van der Waals surface area contributed by atoms with Crippen LogP contribution in [0.1, 0.15) is 13.3 Å². The van der Waals surface area contributed by atoms with Gasteiger partial charge in [-0.25, -0.2) is 4.57 Å². The molecule has 2 unspecified atom stereocenters. The van der Waals surface area contributed by atoms with Gasteiger partial charge >= 0.3 is 13.7 Å². The van der Waals surface area contributed by atoms with E-state index in [-0.39, 0.29) is 11.3 Å². The number of amides is 1. The molecule has 6 atom stereocenters. The minimum Gasteiger partial charge on any atom is -0.480 e. The van der Waals surface area contributed by atoms with Gasteiger partial charge in [0.05, 0.1) is 6.61 Å². The van der Waals surface area contributed by atoms with E-state index < -0.39 is 56.8 Å². The fraction of sp³-hybridized carbons (Fsp3) is 0.400. The van der Waals surface area contributed by atoms with E-state index in [4.69, 9.17) is 24.6 Å². The lowest BCUT2D eigenvalue weighted by Gasteiger charge is -2.28. The summed E-state index contributed by atoms with van der Waals surface area (Å²) in [5.74, 6) is -1.74. The molecule has 1 aromatic carbocycles. The Kier molecular flexibility index (Phi) is 7.90. The monoisotopic (exact) mass is 483 g/mol. The Labute approximate surface area is 189 Å². The predicted molar refractivity (Wildman–Crippen MR) is 114 cm³/mol. The molecule has 2 aliphatic rings. The first-order chi connectivity index (χ1) is 15.6. The lowest BCUT2D eigenvalue weighted by Crippen LogP contribution is -2.40. The van der Waals surface area contributed by atoms with Gasteiger partial charge in [0.15, 0.2) is 6.23 Å². The van der Waals surface area contributed by atoms with Gasteiger partial charge in [0.1, 0.15) is 30.1 Å². The number of nitrogens with two attached hydrogens (primary N) is 1. The maximum Gasteiger partial charge on any atom is 0.459 e. The van der Waals surface area contributed by atoms with Crippen molar-refractivity contribution < 1.29 is 43.3 Å². The molecule has 3 rings (SSSR count). The van der Waals surface area contributed by atoms with Crippen LogP contribution in [0.15, 0.2) is 54.4 Å². The number of aliphatic carboxylic acids is 1. The third kappa shape index (κ3) is 6.20. The molecule has 180 valence electrons. The summed E-state index contributed by atoms with van der Waals surface area (Å²) in [6, 6.07) is 6.72. The van der Waals surface area contributed by atoms with Crippen LogP contribution < -0.4 is 15.3 Å². The van der Waals surface area contributed by atoms with Crippen LogP contribution in [0.4, 0.5) is 0 Å². The van der Waals surface area contributed by atoms with Gasteiger partial charge in [-0.2, -0.15) is 5.09 Å². The number of hydrogen-bond acceptors (Lipinski definition) is 9. The second-order valence-electron chi connectivity index (χ2n) is 7.49. The van der Waals surface area contributed by atoms with Crippen LogP contribution in [0.25, 0.3) is 0 Å². The normalized spacial score (nSPS) is 27.5. The first-order valence-corrected chi connectivity index (χ1v) is 11.6. The molecule has 0 radical (unpaired) electrons. The van der Waals surface area contributed by atoms with Crippen LogP contribution >= 0.6 is 7.75 Å². The van der Waals surface area contributed by atoms with E-state index >= 15 is 0 Å². The summed E-state index contributed by atoms with van der Waals surface area (Å²) in [4.78, 5) is 24.1. The largest absolute Gasteiger partial charge is 0.480 e. The number of carboxylic acid groups (broad SMARTS) is 1. The summed E-state index contributed by atoms with van der Waals surface area (Å²) in [5, 5.41) is 32.3. The number of aliphatic hydroxyl groups is 2. The first-order valence-electron chi connectivity index (χ1n) is 10.1. The number of hydrogen-bond donors (Lipinski definition) is 5. The molecule has 0 aromatic heterocycles. The van der Waals surface area contributed by atoms with Gasteiger partial charge < -0.3 is 35.2 Å². The molecule has 1 saturated heterocycles. The minimum absolute atomic E-state index is 0.166. The SMILES string of the molecule is CC(NP(=O)(OC[C@H]1O[C@@H](N2C=CCC(C(N)=O)=C2)[C@H](O)[C@@H]1O)Oc1ccccc1)C(=O)O. The van der Waals surface area contributed by atoms with E-state index in [0.717, 1.165) is 0 Å². The second kappa shape index (κ2) is 10.5. The number of ether oxygens (including phenoxy) is 1. The number of allylic oxidation sites excluding steroid dienone is 1. The average Bonchev–Trinajstić information content (AvgIpc) is 3.07. The molecule has 0 aliphatic carbocycles. The van der Waals surface area contributed by atoms with Gasteiger partial charge in [-0.15, -0.1) is 0 Å². The topological polar surface area (TPSA) is 181 Å². The van der Waals surface area contributed by atoms with E-state index in [1.54, 1.807) is 30.5 Å². The molecular weight excluding hydrogens is 457 g/mol. The van der Waals surface area contributed by atoms with Crippen LogP contribution in [0.5, 0.6) is 5.75 Å². The van der Waals surface area contributed by atoms with Gasteiger partial charge in [0.2, 0.25) is 5.91 Å². The molecule has 0 saturated carbocycles. The van der Waals surface area contributed by atoms with E-state index in [9.17, 15) is 24.4 Å². The Morgan fingerprint density at radius 3 is 2.64 bits per heavy atom. The van der Waals surface area contributed by atoms with Crippen molar-refractivity contribution in [2.75, 3.05) is 6.61 Å². The van der Waals surface area contributed by atoms with Crippen LogP contribution in [0.3, 0.4) is 0 Å². The Bertz CT molecular complexity index is 971. The summed E-state index contributed by atoms with van der Waals surface area (Å²) in [6.45, 7) is 0.765. The zero-order valence-electron chi connectivity index (χ0n) is 17.7. The molecule has 1 fully saturated rings. The van der Waals surface area contributed by atoms with Crippen LogP contribution in [-0.2, 0) is 23.4 Å². The molecule has 1 aromatic rings. The van der Waals surface area contributed by atoms with Crippen LogP contribution in [0, 0.1) is 0 Å². The second-order valence-corrected chi connectivity index (χ2v) is 9.18. The van der Waals surface area contributed by atoms with E-state index in [1.807, 2.05) is 0 Å². The van der Waals surface area contributed by atoms with Gasteiger partial charge in [-0.3, -0.25) is 14.1 Å². The maximum absolute atomic E-state index is 13.2. The lowest BCUT2D eigenvalue weighted by atomic mass is 10.1. The standard InChI is InChI=1S/C20H26N3O9P/c1-12(20(27)28)22-33(29,32-14-7-3-2-4-8-14)30-11-15-16(24)17(25)19(31-15)23-9-5-6-13(10-23)18(21)26/h2-5,7-10,12,15-17,19,24-25H,6,11H2,1H3,(H2,21,26)(H,22,29)(H,27,28)/t12?,15-,16-,17-,19-,33?/m1/s1. The fourth-order valence-corrected chi connectivity index (χ4v) is 4.69. The van der Waals surface area contributed by atoms with Gasteiger partial charge in [0, 0.05) is 18.0 Å². The van der Waals surface area contributed by atoms with Gasteiger partial charge in [-0.05, 0) is 25.5 Å². The zero-order chi connectivity index (χ0) is 24.2. The third-order valence-corrected chi connectivity index (χ3v) is 6.61. The summed E-state index contributed by atoms with van der Waals surface area (Å²) < 4.78 is 29.7. The van der Waals surface area contributed by atoms with Crippen LogP contribution in [0.2, 0.25) is 0 Å². The molecule has 33 heavy (non-hydrogen) atoms. The van der Waals surface area contributed by atoms with E-state index in [1.165, 1.54) is 30.2 Å². The highest BCUT2D eigenvalue weighted by Gasteiger charge is 2.46. The molecule has 12 nitrogen and oxygen atoms in total. The minimum atomic E-state index is -4.23. The highest BCUT2D eigenvalue weighted by atomic mass is 31.2. The number of aliphatic hydroxyl groups excluding tert-OH is 2. The summed E-state index contributed by atoms with van der Waals surface area (Å²) in [5.41, 5.74) is 5.59. The average molecular weight is 483 g/mol. The fourth-order valence-electron chi connectivity index (χ4n) is 3.19. The molecule has 13 heteroatoms. The Morgan fingerprint density at radius 2 is 2.00 bits per heavy atom. The number of nitrogens with zero attached hydrogens (tertiary/aromatic N) is 1. The smallest absolute Gasteiger partial charge is 0.459 e. The Morgan fingerprint density at radius 1 is 1.30 bits per heavy atom. The van der Waals surface area contributed by atoms with Crippen molar-refractivity contribution in [1.82, 2.24) is 9.99 Å². The first kappa shape index (κ1) is 24.9. The van der Waals surface area contributed by atoms with E-state index in [0.29, 0.717) is 6.42 Å². The van der Waals surface area contributed by atoms with Gasteiger partial charge in [0.25, 0.3) is 0 Å². The highest BCUT2D eigenvalue weighted by Crippen LogP contribution is 2.45. The third-order valence-electron chi connectivity index (χ3n) is 4.97. The summed E-state index contributed by atoms with van der Waals surface area (Å²) in [6.07, 6.45) is -0.102. The Hall–Kier alpha value is -2.73. The molecule has 1 amide bonds. The predicted octanol–water partition coefficient (Wildman–Crippen LogP) is 0.288. The van der Waals surface area contributed by atoms with E-state index in [2.05, 4.69) is 5.09 Å². The molecular formula is C20H26N3O9P. The quantitative estimate of drug-likeness (QED) is 0.289. The van der Waals surface area contributed by atoms with Crippen molar-refractivity contribution in [3.63, 3.8) is 0 Å². The summed E-state index contributed by atoms with van der Waals surface area (Å²) >= 11 is 0. The number of para-hydroxylation sites is 1. The number of carboxylic acids is 1. The molecule has 6 N–H and O–H groups in total. The van der Waals surface area contributed by atoms with Gasteiger partial charge in [-0.1, -0.05) is 24.3 Å². The number of rotatable bonds is 10. The van der Waals surface area contributed by atoms with Crippen molar-refractivity contribution in [2.45, 2.75) is 43.9 Å². The van der Waals surface area contributed by atoms with Crippen molar-refractivity contribution in [1.29, 1.82) is 0 Å². The van der Waals surface area contributed by atoms with Crippen molar-refractivity contribution in [2.24, 2.45) is 5.73 Å². The zero-order valence-corrected chi connectivity index (χ0v) is 18.6. The highest BCUT2D eigenvalue weighted by molar-refractivity contribution is 7.52. The lowest BCUT2D eigenvalue weighted by molar-refractivity contribution is -0.138.